The number of nitrogens with one attached hydrogen (secondary N) is 1. The molecule has 5 heteroatoms. The highest BCUT2D eigenvalue weighted by Gasteiger charge is 2.33. The van der Waals surface area contributed by atoms with Crippen molar-refractivity contribution >= 4 is 0 Å². The molecule has 19 heavy (non-hydrogen) atoms. The van der Waals surface area contributed by atoms with Gasteiger partial charge in [0.25, 0.3) is 0 Å². The summed E-state index contributed by atoms with van der Waals surface area (Å²) in [5, 5.41) is 3.10. The molecule has 0 saturated carbocycles. The number of hydrogen-bond donors (Lipinski definition) is 1. The first-order chi connectivity index (χ1) is 8.72. The van der Waals surface area contributed by atoms with Gasteiger partial charge in [0.05, 0.1) is 17.2 Å². The molecule has 0 aliphatic heterocycles. The van der Waals surface area contributed by atoms with E-state index in [-0.39, 0.29) is 6.04 Å². The third-order valence-electron chi connectivity index (χ3n) is 3.07. The first-order valence-corrected chi connectivity index (χ1v) is 6.20. The lowest BCUT2D eigenvalue weighted by Gasteiger charge is -2.34. The van der Waals surface area contributed by atoms with Gasteiger partial charge in [-0.25, -0.2) is 0 Å². The Kier molecular flexibility index (Phi) is 4.98. The summed E-state index contributed by atoms with van der Waals surface area (Å²) in [6.45, 7) is 6.26. The summed E-state index contributed by atoms with van der Waals surface area (Å²) in [6.07, 6.45) is -4.30. The molecule has 0 radical (unpaired) electrons. The fourth-order valence-electron chi connectivity index (χ4n) is 2.24. The Morgan fingerprint density at radius 1 is 1.16 bits per heavy atom. The van der Waals surface area contributed by atoms with Gasteiger partial charge in [-0.3, -0.25) is 0 Å². The number of hydrogen-bond acceptors (Lipinski definition) is 2. The van der Waals surface area contributed by atoms with Gasteiger partial charge in [-0.15, -0.1) is 0 Å². The van der Waals surface area contributed by atoms with Gasteiger partial charge in [-0.05, 0) is 45.5 Å². The van der Waals surface area contributed by atoms with E-state index in [4.69, 9.17) is 4.74 Å². The van der Waals surface area contributed by atoms with Crippen LogP contribution in [0, 0.1) is 0 Å². The highest BCUT2D eigenvalue weighted by atomic mass is 19.4. The summed E-state index contributed by atoms with van der Waals surface area (Å²) < 4.78 is 43.2. The van der Waals surface area contributed by atoms with Gasteiger partial charge in [-0.2, -0.15) is 13.2 Å². The van der Waals surface area contributed by atoms with Crippen molar-refractivity contribution in [3.05, 3.63) is 35.4 Å². The Morgan fingerprint density at radius 3 is 2.05 bits per heavy atom. The molecule has 0 bridgehead atoms. The van der Waals surface area contributed by atoms with Crippen LogP contribution in [0.5, 0.6) is 0 Å². The molecule has 0 saturated heterocycles. The van der Waals surface area contributed by atoms with Gasteiger partial charge in [0.1, 0.15) is 0 Å². The minimum atomic E-state index is -4.30. The summed E-state index contributed by atoms with van der Waals surface area (Å²) in [5.41, 5.74) is -0.363. The van der Waals surface area contributed by atoms with E-state index in [2.05, 4.69) is 5.32 Å². The Morgan fingerprint density at radius 2 is 1.68 bits per heavy atom. The lowest BCUT2D eigenvalue weighted by atomic mass is 9.91. The maximum Gasteiger partial charge on any atom is 0.416 e. The van der Waals surface area contributed by atoms with E-state index < -0.39 is 17.3 Å². The van der Waals surface area contributed by atoms with Crippen molar-refractivity contribution in [2.75, 3.05) is 13.7 Å². The molecule has 0 aliphatic carbocycles. The second-order valence-corrected chi connectivity index (χ2v) is 4.88. The molecule has 1 unspecified atom stereocenters. The Labute approximate surface area is 112 Å². The molecule has 108 valence electrons. The third kappa shape index (κ3) is 3.94. The number of rotatable bonds is 5. The molecule has 0 aliphatic rings. The van der Waals surface area contributed by atoms with Crippen LogP contribution in [0.1, 0.15) is 37.9 Å². The normalized spacial score (nSPS) is 14.5. The average molecular weight is 275 g/mol. The Bertz CT molecular complexity index is 398. The highest BCUT2D eigenvalue weighted by molar-refractivity contribution is 5.28. The lowest BCUT2D eigenvalue weighted by Crippen LogP contribution is -2.40. The first kappa shape index (κ1) is 16.0. The predicted octanol–water partition coefficient (Wildman–Crippen LogP) is 3.78. The quantitative estimate of drug-likeness (QED) is 0.883. The molecular weight excluding hydrogens is 255 g/mol. The van der Waals surface area contributed by atoms with Crippen LogP contribution in [0.15, 0.2) is 24.3 Å². The van der Waals surface area contributed by atoms with Crippen molar-refractivity contribution < 1.29 is 17.9 Å². The SMILES string of the molecule is CCOC(C)(C)C(NC)c1ccc(C(F)(F)F)cc1. The minimum Gasteiger partial charge on any atom is -0.374 e. The molecular formula is C14H20F3NO. The summed E-state index contributed by atoms with van der Waals surface area (Å²) in [6, 6.07) is 5.01. The lowest BCUT2D eigenvalue weighted by molar-refractivity contribution is -0.137. The average Bonchev–Trinajstić information content (AvgIpc) is 2.28. The van der Waals surface area contributed by atoms with Crippen molar-refractivity contribution in [3.8, 4) is 0 Å². The number of halogens is 3. The standard InChI is InChI=1S/C14H20F3NO/c1-5-19-13(2,3)12(18-4)10-6-8-11(9-7-10)14(15,16)17/h6-9,12,18H,5H2,1-4H3. The molecule has 1 aromatic carbocycles. The van der Waals surface area contributed by atoms with Gasteiger partial charge < -0.3 is 10.1 Å². The van der Waals surface area contributed by atoms with Crippen molar-refractivity contribution in [2.24, 2.45) is 0 Å². The van der Waals surface area contributed by atoms with Crippen LogP contribution in [0.25, 0.3) is 0 Å². The molecule has 1 rings (SSSR count). The third-order valence-corrected chi connectivity index (χ3v) is 3.07. The van der Waals surface area contributed by atoms with E-state index in [1.165, 1.54) is 12.1 Å². The van der Waals surface area contributed by atoms with E-state index in [0.29, 0.717) is 6.61 Å². The molecule has 2 nitrogen and oxygen atoms in total. The zero-order valence-electron chi connectivity index (χ0n) is 11.6. The van der Waals surface area contributed by atoms with Gasteiger partial charge in [0.15, 0.2) is 0 Å². The summed E-state index contributed by atoms with van der Waals surface area (Å²) in [7, 11) is 1.77. The van der Waals surface area contributed by atoms with E-state index in [9.17, 15) is 13.2 Å². The maximum atomic E-state index is 12.5. The topological polar surface area (TPSA) is 21.3 Å². The molecule has 0 amide bonds. The Hall–Kier alpha value is -1.07. The number of alkyl halides is 3. The van der Waals surface area contributed by atoms with E-state index in [1.54, 1.807) is 7.05 Å². The number of likely N-dealkylation sites (N-methyl/N-ethyl adjacent to an activating group) is 1. The van der Waals surface area contributed by atoms with Crippen molar-refractivity contribution in [1.82, 2.24) is 5.32 Å². The van der Waals surface area contributed by atoms with E-state index in [1.807, 2.05) is 20.8 Å². The number of benzene rings is 1. The maximum absolute atomic E-state index is 12.5. The zero-order chi connectivity index (χ0) is 14.7. The summed E-state index contributed by atoms with van der Waals surface area (Å²) in [4.78, 5) is 0. The van der Waals surface area contributed by atoms with Crippen LogP contribution in [0.2, 0.25) is 0 Å². The van der Waals surface area contributed by atoms with Gasteiger partial charge in [-0.1, -0.05) is 12.1 Å². The molecule has 0 fully saturated rings. The fourth-order valence-corrected chi connectivity index (χ4v) is 2.24. The van der Waals surface area contributed by atoms with Crippen LogP contribution in [0.4, 0.5) is 13.2 Å². The van der Waals surface area contributed by atoms with Gasteiger partial charge in [0.2, 0.25) is 0 Å². The largest absolute Gasteiger partial charge is 0.416 e. The van der Waals surface area contributed by atoms with Crippen molar-refractivity contribution in [3.63, 3.8) is 0 Å². The molecule has 0 heterocycles. The molecule has 1 N–H and O–H groups in total. The summed E-state index contributed by atoms with van der Waals surface area (Å²) in [5.74, 6) is 0. The van der Waals surface area contributed by atoms with Crippen LogP contribution >= 0.6 is 0 Å². The van der Waals surface area contributed by atoms with Gasteiger partial charge in [0, 0.05) is 6.61 Å². The smallest absolute Gasteiger partial charge is 0.374 e. The highest BCUT2D eigenvalue weighted by Crippen LogP contribution is 2.32. The molecule has 0 spiro atoms. The van der Waals surface area contributed by atoms with Crippen LogP contribution < -0.4 is 5.32 Å². The van der Waals surface area contributed by atoms with E-state index >= 15 is 0 Å². The molecule has 0 aromatic heterocycles. The van der Waals surface area contributed by atoms with Crippen LogP contribution in [-0.4, -0.2) is 19.3 Å². The summed E-state index contributed by atoms with van der Waals surface area (Å²) >= 11 is 0. The minimum absolute atomic E-state index is 0.172. The second-order valence-electron chi connectivity index (χ2n) is 4.88. The zero-order valence-corrected chi connectivity index (χ0v) is 11.6. The first-order valence-electron chi connectivity index (χ1n) is 6.20. The van der Waals surface area contributed by atoms with Crippen molar-refractivity contribution in [1.29, 1.82) is 0 Å². The number of ether oxygens (including phenoxy) is 1. The van der Waals surface area contributed by atoms with Crippen LogP contribution in [-0.2, 0) is 10.9 Å². The predicted molar refractivity (Wildman–Crippen MR) is 68.9 cm³/mol. The Balaban J connectivity index is 3.01. The second kappa shape index (κ2) is 5.92. The molecule has 1 atom stereocenters. The molecule has 1 aromatic rings. The van der Waals surface area contributed by atoms with Gasteiger partial charge >= 0.3 is 6.18 Å². The fraction of sp³-hybridized carbons (Fsp3) is 0.571. The monoisotopic (exact) mass is 275 g/mol. The van der Waals surface area contributed by atoms with E-state index in [0.717, 1.165) is 17.7 Å². The van der Waals surface area contributed by atoms with Crippen molar-refractivity contribution in [2.45, 2.75) is 38.6 Å². The van der Waals surface area contributed by atoms with Crippen LogP contribution in [0.3, 0.4) is 0 Å².